The molecule has 0 saturated carbocycles. The van der Waals surface area contributed by atoms with E-state index in [9.17, 15) is 19.7 Å². The average molecular weight is 376 g/mol. The van der Waals surface area contributed by atoms with E-state index >= 15 is 0 Å². The second-order valence-electron chi connectivity index (χ2n) is 5.06. The first-order chi connectivity index (χ1) is 12.4. The van der Waals surface area contributed by atoms with Gasteiger partial charge in [-0.15, -0.1) is 0 Å². The molecule has 0 radical (unpaired) electrons. The van der Waals surface area contributed by atoms with Gasteiger partial charge < -0.3 is 10.1 Å². The van der Waals surface area contributed by atoms with Gasteiger partial charge in [0.15, 0.2) is 11.3 Å². The Morgan fingerprint density at radius 1 is 1.31 bits per heavy atom. The topological polar surface area (TPSA) is 111 Å². The van der Waals surface area contributed by atoms with E-state index < -0.39 is 22.9 Å². The van der Waals surface area contributed by atoms with Crippen molar-refractivity contribution >= 4 is 40.9 Å². The highest BCUT2D eigenvalue weighted by molar-refractivity contribution is 6.32. The standard InChI is InChI=1S/C17H14ClN3O5/c1-11(17(23)20-13-6-4-10-19-16(13)18)26-15(22)9-8-12-5-2-3-7-14(12)21(24)25/h2-11H,1H3,(H,20,23). The van der Waals surface area contributed by atoms with Gasteiger partial charge in [0, 0.05) is 18.3 Å². The summed E-state index contributed by atoms with van der Waals surface area (Å²) in [5, 5.41) is 13.5. The highest BCUT2D eigenvalue weighted by Gasteiger charge is 2.18. The fourth-order valence-electron chi connectivity index (χ4n) is 1.93. The predicted octanol–water partition coefficient (Wildman–Crippen LogP) is 3.23. The molecule has 2 rings (SSSR count). The van der Waals surface area contributed by atoms with Crippen LogP contribution in [0.25, 0.3) is 6.08 Å². The molecule has 1 heterocycles. The minimum Gasteiger partial charge on any atom is -0.449 e. The van der Waals surface area contributed by atoms with Crippen molar-refractivity contribution in [2.24, 2.45) is 0 Å². The van der Waals surface area contributed by atoms with E-state index in [0.717, 1.165) is 6.08 Å². The number of amides is 1. The molecular weight excluding hydrogens is 362 g/mol. The SMILES string of the molecule is CC(OC(=O)C=Cc1ccccc1[N+](=O)[O-])C(=O)Nc1cccnc1Cl. The Morgan fingerprint density at radius 2 is 2.04 bits per heavy atom. The van der Waals surface area contributed by atoms with Crippen LogP contribution < -0.4 is 5.32 Å². The van der Waals surface area contributed by atoms with E-state index in [4.69, 9.17) is 16.3 Å². The fraction of sp³-hybridized carbons (Fsp3) is 0.118. The van der Waals surface area contributed by atoms with Gasteiger partial charge in [-0.25, -0.2) is 9.78 Å². The first kappa shape index (κ1) is 19.1. The molecule has 134 valence electrons. The number of carbonyl (C=O) groups is 2. The van der Waals surface area contributed by atoms with Crippen LogP contribution in [0, 0.1) is 10.1 Å². The summed E-state index contributed by atoms with van der Waals surface area (Å²) in [5.41, 5.74) is 0.389. The summed E-state index contributed by atoms with van der Waals surface area (Å²) in [4.78, 5) is 38.0. The molecule has 0 fully saturated rings. The van der Waals surface area contributed by atoms with E-state index in [1.54, 1.807) is 18.2 Å². The van der Waals surface area contributed by atoms with E-state index in [1.165, 1.54) is 37.4 Å². The molecule has 0 aliphatic heterocycles. The van der Waals surface area contributed by atoms with E-state index in [1.807, 2.05) is 0 Å². The van der Waals surface area contributed by atoms with Crippen LogP contribution in [0.2, 0.25) is 5.15 Å². The van der Waals surface area contributed by atoms with Crippen LogP contribution in [0.4, 0.5) is 11.4 Å². The summed E-state index contributed by atoms with van der Waals surface area (Å²) in [6.07, 6.45) is 2.63. The molecule has 1 amide bonds. The molecule has 1 N–H and O–H groups in total. The summed E-state index contributed by atoms with van der Waals surface area (Å²) in [7, 11) is 0. The smallest absolute Gasteiger partial charge is 0.331 e. The van der Waals surface area contributed by atoms with Gasteiger partial charge in [-0.05, 0) is 31.2 Å². The first-order valence-corrected chi connectivity index (χ1v) is 7.79. The van der Waals surface area contributed by atoms with Crippen molar-refractivity contribution in [1.29, 1.82) is 0 Å². The Hall–Kier alpha value is -3.26. The Labute approximate surface area is 153 Å². The Morgan fingerprint density at radius 3 is 2.73 bits per heavy atom. The lowest BCUT2D eigenvalue weighted by atomic mass is 10.1. The maximum absolute atomic E-state index is 12.0. The number of nitrogens with one attached hydrogen (secondary N) is 1. The number of rotatable bonds is 6. The molecule has 0 spiro atoms. The molecule has 1 aromatic heterocycles. The van der Waals surface area contributed by atoms with Crippen LogP contribution in [0.1, 0.15) is 12.5 Å². The largest absolute Gasteiger partial charge is 0.449 e. The van der Waals surface area contributed by atoms with Gasteiger partial charge in [0.25, 0.3) is 11.6 Å². The third-order valence-corrected chi connectivity index (χ3v) is 3.51. The quantitative estimate of drug-likeness (QED) is 0.273. The highest BCUT2D eigenvalue weighted by Crippen LogP contribution is 2.19. The lowest BCUT2D eigenvalue weighted by molar-refractivity contribution is -0.385. The zero-order chi connectivity index (χ0) is 19.1. The summed E-state index contributed by atoms with van der Waals surface area (Å²) in [6.45, 7) is 1.39. The van der Waals surface area contributed by atoms with Crippen LogP contribution in [0.5, 0.6) is 0 Å². The third-order valence-electron chi connectivity index (χ3n) is 3.21. The summed E-state index contributed by atoms with van der Waals surface area (Å²) in [6, 6.07) is 9.07. The third kappa shape index (κ3) is 5.12. The molecule has 26 heavy (non-hydrogen) atoms. The number of carbonyl (C=O) groups excluding carboxylic acids is 2. The first-order valence-electron chi connectivity index (χ1n) is 7.42. The number of halogens is 1. The van der Waals surface area contributed by atoms with Crippen LogP contribution in [0.3, 0.4) is 0 Å². The van der Waals surface area contributed by atoms with Crippen molar-refractivity contribution in [2.45, 2.75) is 13.0 Å². The Bertz CT molecular complexity index is 869. The van der Waals surface area contributed by atoms with Gasteiger partial charge in [0.05, 0.1) is 16.2 Å². The van der Waals surface area contributed by atoms with Crippen LogP contribution >= 0.6 is 11.6 Å². The van der Waals surface area contributed by atoms with Gasteiger partial charge in [0.1, 0.15) is 0 Å². The van der Waals surface area contributed by atoms with Gasteiger partial charge in [-0.1, -0.05) is 23.7 Å². The number of benzene rings is 1. The molecule has 1 unspecified atom stereocenters. The van der Waals surface area contributed by atoms with Crippen molar-refractivity contribution in [3.8, 4) is 0 Å². The van der Waals surface area contributed by atoms with Crippen molar-refractivity contribution < 1.29 is 19.2 Å². The number of hydrogen-bond acceptors (Lipinski definition) is 6. The number of hydrogen-bond donors (Lipinski definition) is 1. The number of ether oxygens (including phenoxy) is 1. The normalized spacial score (nSPS) is 11.8. The van der Waals surface area contributed by atoms with Crippen molar-refractivity contribution in [3.05, 3.63) is 69.5 Å². The van der Waals surface area contributed by atoms with Crippen LogP contribution in [-0.4, -0.2) is 27.9 Å². The van der Waals surface area contributed by atoms with Gasteiger partial charge in [-0.2, -0.15) is 0 Å². The van der Waals surface area contributed by atoms with Gasteiger partial charge in [-0.3, -0.25) is 14.9 Å². The van der Waals surface area contributed by atoms with E-state index in [-0.39, 0.29) is 22.1 Å². The maximum atomic E-state index is 12.0. The number of nitrogens with zero attached hydrogens (tertiary/aromatic N) is 2. The lowest BCUT2D eigenvalue weighted by Gasteiger charge is -2.12. The van der Waals surface area contributed by atoms with Crippen molar-refractivity contribution in [2.75, 3.05) is 5.32 Å². The second-order valence-corrected chi connectivity index (χ2v) is 5.42. The Kier molecular flexibility index (Phi) is 6.40. The molecule has 1 atom stereocenters. The molecule has 1 aromatic carbocycles. The minimum absolute atomic E-state index is 0.107. The minimum atomic E-state index is -1.10. The highest BCUT2D eigenvalue weighted by atomic mass is 35.5. The fourth-order valence-corrected chi connectivity index (χ4v) is 2.10. The monoisotopic (exact) mass is 375 g/mol. The average Bonchev–Trinajstić information content (AvgIpc) is 2.62. The summed E-state index contributed by atoms with van der Waals surface area (Å²) >= 11 is 5.84. The van der Waals surface area contributed by atoms with E-state index in [2.05, 4.69) is 10.3 Å². The zero-order valence-corrected chi connectivity index (χ0v) is 14.3. The Balaban J connectivity index is 1.98. The number of pyridine rings is 1. The zero-order valence-electron chi connectivity index (χ0n) is 13.6. The second kappa shape index (κ2) is 8.72. The molecule has 0 bridgehead atoms. The number of aromatic nitrogens is 1. The number of nitro benzene ring substituents is 1. The lowest BCUT2D eigenvalue weighted by Crippen LogP contribution is -2.29. The molecule has 2 aromatic rings. The number of para-hydroxylation sites is 1. The summed E-state index contributed by atoms with van der Waals surface area (Å²) < 4.78 is 4.98. The number of nitro groups is 1. The molecule has 0 aliphatic rings. The molecule has 8 nitrogen and oxygen atoms in total. The van der Waals surface area contributed by atoms with Crippen LogP contribution in [0.15, 0.2) is 48.7 Å². The maximum Gasteiger partial charge on any atom is 0.331 e. The number of esters is 1. The summed E-state index contributed by atoms with van der Waals surface area (Å²) in [5.74, 6) is -1.41. The predicted molar refractivity (Wildman–Crippen MR) is 95.6 cm³/mol. The van der Waals surface area contributed by atoms with Crippen molar-refractivity contribution in [3.63, 3.8) is 0 Å². The molecule has 9 heteroatoms. The molecule has 0 aliphatic carbocycles. The molecule has 0 saturated heterocycles. The molecular formula is C17H14ClN3O5. The van der Waals surface area contributed by atoms with Gasteiger partial charge in [0.2, 0.25) is 0 Å². The van der Waals surface area contributed by atoms with Crippen LogP contribution in [-0.2, 0) is 14.3 Å². The number of anilines is 1. The van der Waals surface area contributed by atoms with Crippen molar-refractivity contribution in [1.82, 2.24) is 4.98 Å². The van der Waals surface area contributed by atoms with Gasteiger partial charge >= 0.3 is 5.97 Å². The van der Waals surface area contributed by atoms with E-state index in [0.29, 0.717) is 0 Å².